The van der Waals surface area contributed by atoms with Gasteiger partial charge in [-0.05, 0) is 35.9 Å². The molecule has 0 radical (unpaired) electrons. The molecule has 0 heterocycles. The van der Waals surface area contributed by atoms with Crippen LogP contribution in [0.25, 0.3) is 11.1 Å². The second-order valence-corrected chi connectivity index (χ2v) is 4.50. The zero-order valence-electron chi connectivity index (χ0n) is 11.2. The number of alkyl halides is 6. The van der Waals surface area contributed by atoms with E-state index in [2.05, 4.69) is 4.74 Å². The van der Waals surface area contributed by atoms with Crippen LogP contribution in [0, 0.1) is 0 Å². The first-order valence-electron chi connectivity index (χ1n) is 6.13. The van der Waals surface area contributed by atoms with Gasteiger partial charge in [0.25, 0.3) is 0 Å². The van der Waals surface area contributed by atoms with E-state index in [1.165, 1.54) is 6.07 Å². The zero-order valence-corrected chi connectivity index (χ0v) is 11.2. The largest absolute Gasteiger partial charge is 0.573 e. The summed E-state index contributed by atoms with van der Waals surface area (Å²) in [5.41, 5.74) is -1.43. The van der Waals surface area contributed by atoms with Gasteiger partial charge in [0.1, 0.15) is 12.0 Å². The third-order valence-corrected chi connectivity index (χ3v) is 2.87. The van der Waals surface area contributed by atoms with E-state index in [-0.39, 0.29) is 16.7 Å². The molecule has 0 amide bonds. The highest BCUT2D eigenvalue weighted by Crippen LogP contribution is 2.37. The number of hydrogen-bond acceptors (Lipinski definition) is 2. The first-order valence-corrected chi connectivity index (χ1v) is 6.13. The lowest BCUT2D eigenvalue weighted by atomic mass is 10.00. The van der Waals surface area contributed by atoms with Crippen LogP contribution in [0.2, 0.25) is 0 Å². The zero-order chi connectivity index (χ0) is 17.3. The maximum atomic E-state index is 12.7. The molecule has 0 saturated heterocycles. The number of ether oxygens (including phenoxy) is 1. The second kappa shape index (κ2) is 5.94. The Morgan fingerprint density at radius 1 is 0.913 bits per heavy atom. The van der Waals surface area contributed by atoms with Crippen molar-refractivity contribution in [1.82, 2.24) is 0 Å². The number of aldehydes is 1. The molecule has 0 aromatic heterocycles. The van der Waals surface area contributed by atoms with Crippen LogP contribution in [-0.4, -0.2) is 12.6 Å². The van der Waals surface area contributed by atoms with Gasteiger partial charge >= 0.3 is 12.5 Å². The molecule has 0 aliphatic carbocycles. The highest BCUT2D eigenvalue weighted by Gasteiger charge is 2.33. The van der Waals surface area contributed by atoms with Gasteiger partial charge < -0.3 is 4.74 Å². The lowest BCUT2D eigenvalue weighted by molar-refractivity contribution is -0.274. The number of hydrogen-bond donors (Lipinski definition) is 0. The molecule has 2 rings (SSSR count). The maximum Gasteiger partial charge on any atom is 0.573 e. The molecule has 122 valence electrons. The summed E-state index contributed by atoms with van der Waals surface area (Å²) in [7, 11) is 0. The Bertz CT molecular complexity index is 719. The van der Waals surface area contributed by atoms with E-state index in [0.29, 0.717) is 12.4 Å². The Balaban J connectivity index is 2.58. The normalized spacial score (nSPS) is 12.1. The minimum atomic E-state index is -5.01. The minimum Gasteiger partial charge on any atom is -0.405 e. The van der Waals surface area contributed by atoms with Gasteiger partial charge in [-0.1, -0.05) is 12.1 Å². The number of carbonyl (C=O) groups is 1. The Labute approximate surface area is 126 Å². The van der Waals surface area contributed by atoms with Crippen molar-refractivity contribution in [3.8, 4) is 16.9 Å². The molecular formula is C15H8F6O2. The molecule has 2 nitrogen and oxygen atoms in total. The SMILES string of the molecule is O=Cc1ccc(OC(F)(F)F)c(-c2cccc(C(F)(F)F)c2)c1. The first-order chi connectivity index (χ1) is 10.6. The smallest absolute Gasteiger partial charge is 0.405 e. The molecule has 0 aliphatic rings. The predicted octanol–water partition coefficient (Wildman–Crippen LogP) is 5.08. The number of rotatable bonds is 3. The molecule has 2 aromatic rings. The highest BCUT2D eigenvalue weighted by molar-refractivity contribution is 5.81. The summed E-state index contributed by atoms with van der Waals surface area (Å²) in [6.07, 6.45) is -9.29. The van der Waals surface area contributed by atoms with Gasteiger partial charge in [-0.15, -0.1) is 13.2 Å². The van der Waals surface area contributed by atoms with Gasteiger partial charge in [0.2, 0.25) is 0 Å². The molecule has 0 atom stereocenters. The van der Waals surface area contributed by atoms with Crippen LogP contribution in [0.5, 0.6) is 5.75 Å². The molecule has 0 aliphatic heterocycles. The van der Waals surface area contributed by atoms with Crippen LogP contribution in [0.3, 0.4) is 0 Å². The van der Waals surface area contributed by atoms with Crippen LogP contribution in [0.4, 0.5) is 26.3 Å². The monoisotopic (exact) mass is 334 g/mol. The number of carbonyl (C=O) groups excluding carboxylic acids is 1. The van der Waals surface area contributed by atoms with Gasteiger partial charge in [0.05, 0.1) is 5.56 Å². The first kappa shape index (κ1) is 16.9. The van der Waals surface area contributed by atoms with Crippen molar-refractivity contribution in [3.05, 3.63) is 53.6 Å². The minimum absolute atomic E-state index is 0.00642. The summed E-state index contributed by atoms with van der Waals surface area (Å²) in [5.74, 6) is -0.692. The molecule has 0 fully saturated rings. The van der Waals surface area contributed by atoms with E-state index in [1.807, 2.05) is 0 Å². The summed E-state index contributed by atoms with van der Waals surface area (Å²) in [6.45, 7) is 0. The van der Waals surface area contributed by atoms with E-state index in [1.54, 1.807) is 0 Å². The van der Waals surface area contributed by atoms with E-state index in [4.69, 9.17) is 0 Å². The van der Waals surface area contributed by atoms with Crippen molar-refractivity contribution >= 4 is 6.29 Å². The summed E-state index contributed by atoms with van der Waals surface area (Å²) >= 11 is 0. The maximum absolute atomic E-state index is 12.7. The average molecular weight is 334 g/mol. The predicted molar refractivity (Wildman–Crippen MR) is 69.0 cm³/mol. The fourth-order valence-electron chi connectivity index (χ4n) is 1.92. The van der Waals surface area contributed by atoms with Crippen LogP contribution in [-0.2, 0) is 6.18 Å². The molecule has 0 N–H and O–H groups in total. The Kier molecular flexibility index (Phi) is 4.35. The fraction of sp³-hybridized carbons (Fsp3) is 0.133. The standard InChI is InChI=1S/C15H8F6O2/c16-14(17,18)11-3-1-2-10(7-11)12-6-9(8-22)4-5-13(12)23-15(19,20)21/h1-8H. The summed E-state index contributed by atoms with van der Waals surface area (Å²) in [5, 5.41) is 0. The lowest BCUT2D eigenvalue weighted by Crippen LogP contribution is -2.17. The third-order valence-electron chi connectivity index (χ3n) is 2.87. The van der Waals surface area contributed by atoms with Gasteiger partial charge in [-0.3, -0.25) is 4.79 Å². The molecule has 8 heteroatoms. The lowest BCUT2D eigenvalue weighted by Gasteiger charge is -2.15. The van der Waals surface area contributed by atoms with Crippen molar-refractivity contribution in [1.29, 1.82) is 0 Å². The van der Waals surface area contributed by atoms with Crippen LogP contribution in [0.15, 0.2) is 42.5 Å². The number of benzene rings is 2. The van der Waals surface area contributed by atoms with Crippen molar-refractivity contribution in [2.24, 2.45) is 0 Å². The Morgan fingerprint density at radius 2 is 1.61 bits per heavy atom. The van der Waals surface area contributed by atoms with Crippen LogP contribution >= 0.6 is 0 Å². The van der Waals surface area contributed by atoms with Crippen molar-refractivity contribution < 1.29 is 35.9 Å². The molecule has 0 unspecified atom stereocenters. The van der Waals surface area contributed by atoms with Crippen LogP contribution < -0.4 is 4.74 Å². The fourth-order valence-corrected chi connectivity index (χ4v) is 1.92. The van der Waals surface area contributed by atoms with Crippen molar-refractivity contribution in [3.63, 3.8) is 0 Å². The second-order valence-electron chi connectivity index (χ2n) is 4.50. The van der Waals surface area contributed by atoms with Crippen molar-refractivity contribution in [2.45, 2.75) is 12.5 Å². The Morgan fingerprint density at radius 3 is 2.17 bits per heavy atom. The molecule has 23 heavy (non-hydrogen) atoms. The molecule has 0 saturated carbocycles. The molecule has 0 bridgehead atoms. The Hall–Kier alpha value is -2.51. The van der Waals surface area contributed by atoms with Gasteiger partial charge in [0, 0.05) is 11.1 Å². The van der Waals surface area contributed by atoms with Gasteiger partial charge in [0.15, 0.2) is 0 Å². The quantitative estimate of drug-likeness (QED) is 0.578. The molecule has 0 spiro atoms. The molecule has 2 aromatic carbocycles. The van der Waals surface area contributed by atoms with Gasteiger partial charge in [-0.25, -0.2) is 0 Å². The van der Waals surface area contributed by atoms with Crippen LogP contribution in [0.1, 0.15) is 15.9 Å². The summed E-state index contributed by atoms with van der Waals surface area (Å²) in [6, 6.07) is 6.72. The van der Waals surface area contributed by atoms with E-state index >= 15 is 0 Å². The summed E-state index contributed by atoms with van der Waals surface area (Å²) < 4.78 is 79.3. The highest BCUT2D eigenvalue weighted by atomic mass is 19.4. The summed E-state index contributed by atoms with van der Waals surface area (Å²) in [4.78, 5) is 10.8. The van der Waals surface area contributed by atoms with Crippen molar-refractivity contribution in [2.75, 3.05) is 0 Å². The third kappa shape index (κ3) is 4.24. The number of halogens is 6. The van der Waals surface area contributed by atoms with E-state index < -0.39 is 23.9 Å². The van der Waals surface area contributed by atoms with E-state index in [9.17, 15) is 31.1 Å². The molecular weight excluding hydrogens is 326 g/mol. The van der Waals surface area contributed by atoms with E-state index in [0.717, 1.165) is 30.3 Å². The topological polar surface area (TPSA) is 26.3 Å². The average Bonchev–Trinajstić information content (AvgIpc) is 2.45. The van der Waals surface area contributed by atoms with Gasteiger partial charge in [-0.2, -0.15) is 13.2 Å².